The van der Waals surface area contributed by atoms with Gasteiger partial charge in [0.15, 0.2) is 6.10 Å². The summed E-state index contributed by atoms with van der Waals surface area (Å²) < 4.78 is 23.7. The normalized spacial score (nSPS) is 11.2. The molecular formula is C18H14ClFN2O4. The standard InChI is InChI=1S/C18H14ClFN2O4/c1-10(17(23)22-12-4-3-11(9-21)15(19)7-12)26-18(24)14-6-5-13(25-2)8-16(14)20/h3-8,10H,1-2H3,(H,22,23)/t10-/m1/s1. The van der Waals surface area contributed by atoms with E-state index in [1.807, 2.05) is 6.07 Å². The van der Waals surface area contributed by atoms with Gasteiger partial charge in [-0.2, -0.15) is 5.26 Å². The Morgan fingerprint density at radius 1 is 1.27 bits per heavy atom. The number of hydrogen-bond donors (Lipinski definition) is 1. The fraction of sp³-hybridized carbons (Fsp3) is 0.167. The van der Waals surface area contributed by atoms with Gasteiger partial charge in [0.1, 0.15) is 17.6 Å². The molecule has 2 rings (SSSR count). The molecule has 6 nitrogen and oxygen atoms in total. The van der Waals surface area contributed by atoms with Crippen molar-refractivity contribution < 1.29 is 23.5 Å². The number of nitriles is 1. The Morgan fingerprint density at radius 2 is 2.00 bits per heavy atom. The molecule has 0 aliphatic rings. The van der Waals surface area contributed by atoms with Gasteiger partial charge in [0.25, 0.3) is 5.91 Å². The van der Waals surface area contributed by atoms with E-state index in [4.69, 9.17) is 26.3 Å². The second kappa shape index (κ2) is 8.32. The molecule has 0 aliphatic carbocycles. The van der Waals surface area contributed by atoms with Crippen LogP contribution in [-0.2, 0) is 9.53 Å². The molecule has 0 bridgehead atoms. The van der Waals surface area contributed by atoms with Crippen LogP contribution in [0.3, 0.4) is 0 Å². The third-order valence-electron chi connectivity index (χ3n) is 3.41. The topological polar surface area (TPSA) is 88.4 Å². The minimum Gasteiger partial charge on any atom is -0.497 e. The summed E-state index contributed by atoms with van der Waals surface area (Å²) in [6.45, 7) is 1.35. The molecule has 0 saturated heterocycles. The Hall–Kier alpha value is -3.11. The van der Waals surface area contributed by atoms with E-state index in [1.165, 1.54) is 44.4 Å². The lowest BCUT2D eigenvalue weighted by Gasteiger charge is -2.14. The number of carbonyl (C=O) groups is 2. The van der Waals surface area contributed by atoms with Crippen molar-refractivity contribution in [2.75, 3.05) is 12.4 Å². The van der Waals surface area contributed by atoms with Gasteiger partial charge in [-0.1, -0.05) is 11.6 Å². The first-order chi connectivity index (χ1) is 12.3. The van der Waals surface area contributed by atoms with Crippen molar-refractivity contribution in [2.24, 2.45) is 0 Å². The summed E-state index contributed by atoms with van der Waals surface area (Å²) in [4.78, 5) is 24.2. The molecule has 0 fully saturated rings. The number of ether oxygens (including phenoxy) is 2. The van der Waals surface area contributed by atoms with Gasteiger partial charge in [0.05, 0.1) is 23.3 Å². The first-order valence-corrected chi connectivity index (χ1v) is 7.78. The Bertz CT molecular complexity index is 895. The number of benzene rings is 2. The lowest BCUT2D eigenvalue weighted by Crippen LogP contribution is -2.30. The number of amides is 1. The number of carbonyl (C=O) groups excluding carboxylic acids is 2. The van der Waals surface area contributed by atoms with E-state index >= 15 is 0 Å². The number of esters is 1. The number of rotatable bonds is 5. The maximum atomic E-state index is 13.9. The van der Waals surface area contributed by atoms with Crippen molar-refractivity contribution in [1.82, 2.24) is 0 Å². The molecule has 2 aromatic rings. The molecule has 0 spiro atoms. The zero-order valence-corrected chi connectivity index (χ0v) is 14.6. The smallest absolute Gasteiger partial charge is 0.341 e. The summed E-state index contributed by atoms with van der Waals surface area (Å²) in [5.74, 6) is -2.18. The van der Waals surface area contributed by atoms with Crippen LogP contribution in [0.15, 0.2) is 36.4 Å². The van der Waals surface area contributed by atoms with Gasteiger partial charge in [0.2, 0.25) is 0 Å². The fourth-order valence-electron chi connectivity index (χ4n) is 1.99. The number of hydrogen-bond acceptors (Lipinski definition) is 5. The molecule has 8 heteroatoms. The zero-order valence-electron chi connectivity index (χ0n) is 13.9. The van der Waals surface area contributed by atoms with Crippen LogP contribution in [0.4, 0.5) is 10.1 Å². The summed E-state index contributed by atoms with van der Waals surface area (Å²) in [6.07, 6.45) is -1.18. The molecule has 26 heavy (non-hydrogen) atoms. The quantitative estimate of drug-likeness (QED) is 0.806. The average molecular weight is 377 g/mol. The van der Waals surface area contributed by atoms with Crippen molar-refractivity contribution >= 4 is 29.2 Å². The van der Waals surface area contributed by atoms with Gasteiger partial charge in [-0.05, 0) is 37.3 Å². The molecule has 0 aromatic heterocycles. The molecule has 0 unspecified atom stereocenters. The summed E-state index contributed by atoms with van der Waals surface area (Å²) in [6, 6.07) is 9.89. The Kier molecular flexibility index (Phi) is 6.15. The highest BCUT2D eigenvalue weighted by atomic mass is 35.5. The summed E-state index contributed by atoms with van der Waals surface area (Å²) in [7, 11) is 1.37. The monoisotopic (exact) mass is 376 g/mol. The van der Waals surface area contributed by atoms with Crippen molar-refractivity contribution in [3.63, 3.8) is 0 Å². The maximum absolute atomic E-state index is 13.9. The summed E-state index contributed by atoms with van der Waals surface area (Å²) in [5.41, 5.74) is 0.281. The zero-order chi connectivity index (χ0) is 19.3. The van der Waals surface area contributed by atoms with E-state index < -0.39 is 23.8 Å². The molecule has 1 amide bonds. The molecule has 0 aliphatic heterocycles. The van der Waals surface area contributed by atoms with Crippen LogP contribution in [0.5, 0.6) is 5.75 Å². The van der Waals surface area contributed by atoms with Crippen LogP contribution >= 0.6 is 11.6 Å². The van der Waals surface area contributed by atoms with Gasteiger partial charge < -0.3 is 14.8 Å². The number of nitrogens with one attached hydrogen (secondary N) is 1. The van der Waals surface area contributed by atoms with Crippen LogP contribution in [0.2, 0.25) is 5.02 Å². The third-order valence-corrected chi connectivity index (χ3v) is 3.72. The number of anilines is 1. The van der Waals surface area contributed by atoms with Crippen LogP contribution in [0.1, 0.15) is 22.8 Å². The van der Waals surface area contributed by atoms with Gasteiger partial charge in [-0.3, -0.25) is 4.79 Å². The maximum Gasteiger partial charge on any atom is 0.341 e. The molecule has 0 radical (unpaired) electrons. The summed E-state index contributed by atoms with van der Waals surface area (Å²) in [5, 5.41) is 11.5. The molecule has 0 heterocycles. The number of nitrogens with zero attached hydrogens (tertiary/aromatic N) is 1. The first-order valence-electron chi connectivity index (χ1n) is 7.40. The van der Waals surface area contributed by atoms with Crippen molar-refractivity contribution in [3.05, 3.63) is 58.4 Å². The predicted octanol–water partition coefficient (Wildman–Crippen LogP) is 3.54. The van der Waals surface area contributed by atoms with Crippen molar-refractivity contribution in [2.45, 2.75) is 13.0 Å². The minimum absolute atomic E-state index is 0.176. The Morgan fingerprint density at radius 3 is 2.58 bits per heavy atom. The minimum atomic E-state index is -1.18. The first kappa shape index (κ1) is 19.2. The van der Waals surface area contributed by atoms with Crippen molar-refractivity contribution in [3.8, 4) is 11.8 Å². The second-order valence-corrected chi connectivity index (χ2v) is 5.60. The third kappa shape index (κ3) is 4.49. The van der Waals surface area contributed by atoms with E-state index in [2.05, 4.69) is 5.32 Å². The summed E-state index contributed by atoms with van der Waals surface area (Å²) >= 11 is 5.89. The fourth-order valence-corrected chi connectivity index (χ4v) is 2.22. The molecule has 2 aromatic carbocycles. The van der Waals surface area contributed by atoms with E-state index in [9.17, 15) is 14.0 Å². The van der Waals surface area contributed by atoms with Crippen LogP contribution < -0.4 is 10.1 Å². The highest BCUT2D eigenvalue weighted by molar-refractivity contribution is 6.32. The van der Waals surface area contributed by atoms with Gasteiger partial charge >= 0.3 is 5.97 Å². The number of methoxy groups -OCH3 is 1. The predicted molar refractivity (Wildman–Crippen MR) is 92.6 cm³/mol. The largest absolute Gasteiger partial charge is 0.497 e. The van der Waals surface area contributed by atoms with E-state index in [0.717, 1.165) is 6.07 Å². The van der Waals surface area contributed by atoms with Crippen LogP contribution in [0.25, 0.3) is 0 Å². The highest BCUT2D eigenvalue weighted by Gasteiger charge is 2.21. The second-order valence-electron chi connectivity index (χ2n) is 5.19. The lowest BCUT2D eigenvalue weighted by atomic mass is 10.2. The average Bonchev–Trinajstić information content (AvgIpc) is 2.61. The molecule has 1 atom stereocenters. The van der Waals surface area contributed by atoms with Crippen LogP contribution in [0, 0.1) is 17.1 Å². The van der Waals surface area contributed by atoms with Gasteiger partial charge in [-0.25, -0.2) is 9.18 Å². The Labute approximate surface area is 154 Å². The van der Waals surface area contributed by atoms with Crippen LogP contribution in [-0.4, -0.2) is 25.1 Å². The van der Waals surface area contributed by atoms with E-state index in [0.29, 0.717) is 5.69 Å². The molecular weight excluding hydrogens is 363 g/mol. The van der Waals surface area contributed by atoms with Gasteiger partial charge in [0, 0.05) is 11.8 Å². The number of halogens is 2. The van der Waals surface area contributed by atoms with Gasteiger partial charge in [-0.15, -0.1) is 0 Å². The highest BCUT2D eigenvalue weighted by Crippen LogP contribution is 2.21. The molecule has 134 valence electrons. The molecule has 1 N–H and O–H groups in total. The SMILES string of the molecule is COc1ccc(C(=O)O[C@H](C)C(=O)Nc2ccc(C#N)c(Cl)c2)c(F)c1. The van der Waals surface area contributed by atoms with Crippen molar-refractivity contribution in [1.29, 1.82) is 5.26 Å². The molecule has 0 saturated carbocycles. The Balaban J connectivity index is 2.03. The lowest BCUT2D eigenvalue weighted by molar-refractivity contribution is -0.123. The van der Waals surface area contributed by atoms with E-state index in [-0.39, 0.29) is 21.9 Å². The van der Waals surface area contributed by atoms with E-state index in [1.54, 1.807) is 0 Å².